The molecule has 0 unspecified atom stereocenters. The average Bonchev–Trinajstić information content (AvgIpc) is 2.72. The van der Waals surface area contributed by atoms with Gasteiger partial charge in [0.2, 0.25) is 5.91 Å². The van der Waals surface area contributed by atoms with Crippen molar-refractivity contribution in [2.45, 2.75) is 44.4 Å². The van der Waals surface area contributed by atoms with Gasteiger partial charge >= 0.3 is 5.97 Å². The quantitative estimate of drug-likeness (QED) is 0.287. The number of esters is 1. The van der Waals surface area contributed by atoms with Crippen LogP contribution in [0.5, 0.6) is 0 Å². The molecule has 27 heavy (non-hydrogen) atoms. The molecule has 0 aromatic heterocycles. The summed E-state index contributed by atoms with van der Waals surface area (Å²) >= 11 is 0. The van der Waals surface area contributed by atoms with E-state index in [0.717, 1.165) is 24.0 Å². The summed E-state index contributed by atoms with van der Waals surface area (Å²) in [6.07, 6.45) is 3.02. The fourth-order valence-corrected chi connectivity index (χ4v) is 3.40. The Morgan fingerprint density at radius 3 is 1.96 bits per heavy atom. The summed E-state index contributed by atoms with van der Waals surface area (Å²) in [5.41, 5.74) is 2.58. The van der Waals surface area contributed by atoms with E-state index >= 15 is 0 Å². The van der Waals surface area contributed by atoms with Crippen molar-refractivity contribution in [1.29, 1.82) is 0 Å². The van der Waals surface area contributed by atoms with Crippen LogP contribution in [0.1, 0.15) is 50.2 Å². The van der Waals surface area contributed by atoms with Crippen LogP contribution >= 0.6 is 0 Å². The van der Waals surface area contributed by atoms with Gasteiger partial charge in [0.05, 0.1) is 6.61 Å². The van der Waals surface area contributed by atoms with Gasteiger partial charge in [-0.1, -0.05) is 73.5 Å². The minimum Gasteiger partial charge on any atom is -0.465 e. The van der Waals surface area contributed by atoms with Crippen molar-refractivity contribution in [1.82, 2.24) is 5.48 Å². The normalized spacial score (nSPS) is 11.0. The van der Waals surface area contributed by atoms with E-state index < -0.39 is 11.3 Å². The molecular formula is C22H27NO4. The monoisotopic (exact) mass is 369 g/mol. The molecule has 0 fully saturated rings. The Morgan fingerprint density at radius 2 is 1.48 bits per heavy atom. The first-order chi connectivity index (χ1) is 13.1. The van der Waals surface area contributed by atoms with Gasteiger partial charge in [0.15, 0.2) is 0 Å². The molecule has 144 valence electrons. The van der Waals surface area contributed by atoms with Crippen LogP contribution in [0.25, 0.3) is 0 Å². The van der Waals surface area contributed by atoms with Gasteiger partial charge in [-0.25, -0.2) is 5.48 Å². The van der Waals surface area contributed by atoms with Gasteiger partial charge in [0.25, 0.3) is 0 Å². The first kappa shape index (κ1) is 20.6. The predicted molar refractivity (Wildman–Crippen MR) is 103 cm³/mol. The number of amides is 1. The molecule has 0 bridgehead atoms. The lowest BCUT2D eigenvalue weighted by Gasteiger charge is -2.33. The zero-order chi connectivity index (χ0) is 19.5. The van der Waals surface area contributed by atoms with E-state index in [0.29, 0.717) is 19.4 Å². The molecule has 0 saturated heterocycles. The summed E-state index contributed by atoms with van der Waals surface area (Å²) in [5, 5.41) is 8.59. The SMILES string of the molecule is CCOC(=O)C(CCCCCC(=O)NO)(c1ccccc1)c1ccccc1. The number of unbranched alkanes of at least 4 members (excludes halogenated alkanes) is 2. The third kappa shape index (κ3) is 5.17. The fraction of sp³-hybridized carbons (Fsp3) is 0.364. The predicted octanol–water partition coefficient (Wildman–Crippen LogP) is 3.99. The number of nitrogens with one attached hydrogen (secondary N) is 1. The molecule has 2 N–H and O–H groups in total. The second-order valence-electron chi connectivity index (χ2n) is 6.45. The summed E-state index contributed by atoms with van der Waals surface area (Å²) in [4.78, 5) is 24.3. The highest BCUT2D eigenvalue weighted by molar-refractivity contribution is 5.87. The van der Waals surface area contributed by atoms with Crippen LogP contribution in [0.2, 0.25) is 0 Å². The van der Waals surface area contributed by atoms with Gasteiger partial charge < -0.3 is 4.74 Å². The summed E-state index contributed by atoms with van der Waals surface area (Å²) in [6.45, 7) is 2.13. The molecule has 0 aliphatic rings. The first-order valence-corrected chi connectivity index (χ1v) is 9.36. The van der Waals surface area contributed by atoms with E-state index in [9.17, 15) is 9.59 Å². The first-order valence-electron chi connectivity index (χ1n) is 9.36. The maximum Gasteiger partial charge on any atom is 0.321 e. The van der Waals surface area contributed by atoms with Gasteiger partial charge in [-0.15, -0.1) is 0 Å². The van der Waals surface area contributed by atoms with Crippen molar-refractivity contribution < 1.29 is 19.5 Å². The number of hydroxylamine groups is 1. The molecule has 0 radical (unpaired) electrons. The van der Waals surface area contributed by atoms with Gasteiger partial charge in [-0.2, -0.15) is 0 Å². The summed E-state index contributed by atoms with van der Waals surface area (Å²) < 4.78 is 5.49. The Kier molecular flexibility index (Phi) is 8.01. The zero-order valence-electron chi connectivity index (χ0n) is 15.7. The van der Waals surface area contributed by atoms with Crippen molar-refractivity contribution in [2.24, 2.45) is 0 Å². The largest absolute Gasteiger partial charge is 0.465 e. The average molecular weight is 369 g/mol. The van der Waals surface area contributed by atoms with Crippen molar-refractivity contribution in [3.05, 3.63) is 71.8 Å². The number of ether oxygens (including phenoxy) is 1. The Labute approximate surface area is 160 Å². The van der Waals surface area contributed by atoms with Gasteiger partial charge in [-0.05, 0) is 30.9 Å². The lowest BCUT2D eigenvalue weighted by molar-refractivity contribution is -0.148. The van der Waals surface area contributed by atoms with Crippen molar-refractivity contribution in [2.75, 3.05) is 6.61 Å². The van der Waals surface area contributed by atoms with Crippen LogP contribution in [-0.4, -0.2) is 23.7 Å². The third-order valence-electron chi connectivity index (χ3n) is 4.74. The molecule has 2 aromatic rings. The molecule has 0 heterocycles. The Balaban J connectivity index is 2.31. The minimum atomic E-state index is -0.877. The molecule has 0 aliphatic heterocycles. The van der Waals surface area contributed by atoms with Gasteiger partial charge in [-0.3, -0.25) is 14.8 Å². The molecule has 2 rings (SSSR count). The highest BCUT2D eigenvalue weighted by Crippen LogP contribution is 2.38. The topological polar surface area (TPSA) is 75.6 Å². The number of hydrogen-bond acceptors (Lipinski definition) is 4. The van der Waals surface area contributed by atoms with Crippen LogP contribution in [-0.2, 0) is 19.7 Å². The van der Waals surface area contributed by atoms with Crippen LogP contribution in [0.4, 0.5) is 0 Å². The van der Waals surface area contributed by atoms with Crippen molar-refractivity contribution >= 4 is 11.9 Å². The Hall–Kier alpha value is -2.66. The number of hydrogen-bond donors (Lipinski definition) is 2. The van der Waals surface area contributed by atoms with Crippen LogP contribution < -0.4 is 5.48 Å². The van der Waals surface area contributed by atoms with Crippen LogP contribution in [0, 0.1) is 0 Å². The molecule has 0 saturated carbocycles. The number of carbonyl (C=O) groups excluding carboxylic acids is 2. The maximum atomic E-state index is 13.2. The standard InChI is InChI=1S/C22H27NO4/c1-2-27-21(25)22(18-12-6-3-7-13-18,19-14-8-4-9-15-19)17-11-5-10-16-20(24)23-26/h3-4,6-9,12-15,26H,2,5,10-11,16-17H2,1H3,(H,23,24). The molecular weight excluding hydrogens is 342 g/mol. The van der Waals surface area contributed by atoms with Gasteiger partial charge in [0, 0.05) is 6.42 Å². The Morgan fingerprint density at radius 1 is 0.926 bits per heavy atom. The zero-order valence-corrected chi connectivity index (χ0v) is 15.7. The lowest BCUT2D eigenvalue weighted by atomic mass is 9.71. The van der Waals surface area contributed by atoms with Crippen molar-refractivity contribution in [3.8, 4) is 0 Å². The molecule has 2 aromatic carbocycles. The molecule has 0 atom stereocenters. The molecule has 5 nitrogen and oxygen atoms in total. The third-order valence-corrected chi connectivity index (χ3v) is 4.74. The summed E-state index contributed by atoms with van der Waals surface area (Å²) in [5.74, 6) is -0.645. The fourth-order valence-electron chi connectivity index (χ4n) is 3.40. The smallest absolute Gasteiger partial charge is 0.321 e. The van der Waals surface area contributed by atoms with E-state index in [2.05, 4.69) is 0 Å². The Bertz CT molecular complexity index is 676. The van der Waals surface area contributed by atoms with Gasteiger partial charge in [0.1, 0.15) is 5.41 Å². The minimum absolute atomic E-state index is 0.254. The second kappa shape index (κ2) is 10.5. The molecule has 1 amide bonds. The highest BCUT2D eigenvalue weighted by Gasteiger charge is 2.42. The van der Waals surface area contributed by atoms with Crippen LogP contribution in [0.15, 0.2) is 60.7 Å². The second-order valence-corrected chi connectivity index (χ2v) is 6.45. The summed E-state index contributed by atoms with van der Waals surface area (Å²) in [7, 11) is 0. The van der Waals surface area contributed by atoms with E-state index in [-0.39, 0.29) is 12.4 Å². The molecule has 0 aliphatic carbocycles. The van der Waals surface area contributed by atoms with Crippen molar-refractivity contribution in [3.63, 3.8) is 0 Å². The lowest BCUT2D eigenvalue weighted by Crippen LogP contribution is -2.39. The number of carbonyl (C=O) groups is 2. The van der Waals surface area contributed by atoms with E-state index in [1.54, 1.807) is 5.48 Å². The highest BCUT2D eigenvalue weighted by atomic mass is 16.5. The summed E-state index contributed by atoms with van der Waals surface area (Å²) in [6, 6.07) is 19.4. The molecule has 5 heteroatoms. The van der Waals surface area contributed by atoms with E-state index in [4.69, 9.17) is 9.94 Å². The van der Waals surface area contributed by atoms with E-state index in [1.165, 1.54) is 0 Å². The molecule has 0 spiro atoms. The van der Waals surface area contributed by atoms with E-state index in [1.807, 2.05) is 67.6 Å². The number of rotatable bonds is 10. The number of benzene rings is 2. The maximum absolute atomic E-state index is 13.2. The van der Waals surface area contributed by atoms with Crippen LogP contribution in [0.3, 0.4) is 0 Å².